The first-order valence-electron chi connectivity index (χ1n) is 9.12. The van der Waals surface area contributed by atoms with Gasteiger partial charge in [-0.15, -0.1) is 0 Å². The largest absolute Gasteiger partial charge is 0.396 e. The van der Waals surface area contributed by atoms with Crippen molar-refractivity contribution in [3.63, 3.8) is 0 Å². The van der Waals surface area contributed by atoms with E-state index >= 15 is 0 Å². The quantitative estimate of drug-likeness (QED) is 0.575. The number of nitrogens with two attached hydrogens (primary N) is 1. The topological polar surface area (TPSA) is 97.1 Å². The van der Waals surface area contributed by atoms with E-state index in [-0.39, 0.29) is 17.6 Å². The van der Waals surface area contributed by atoms with E-state index in [1.165, 1.54) is 18.3 Å². The van der Waals surface area contributed by atoms with Gasteiger partial charge >= 0.3 is 0 Å². The van der Waals surface area contributed by atoms with Gasteiger partial charge in [0.25, 0.3) is 5.91 Å². The van der Waals surface area contributed by atoms with Crippen molar-refractivity contribution < 1.29 is 14.0 Å². The van der Waals surface area contributed by atoms with Crippen LogP contribution >= 0.6 is 0 Å². The molecule has 3 rings (SSSR count). The smallest absolute Gasteiger partial charge is 0.255 e. The highest BCUT2D eigenvalue weighted by molar-refractivity contribution is 6.05. The molecule has 7 heteroatoms. The number of hydrogen-bond acceptors (Lipinski definition) is 4. The van der Waals surface area contributed by atoms with Gasteiger partial charge in [0, 0.05) is 24.7 Å². The molecule has 0 spiro atoms. The van der Waals surface area contributed by atoms with E-state index < -0.39 is 0 Å². The van der Waals surface area contributed by atoms with E-state index in [1.54, 1.807) is 48.7 Å². The zero-order valence-electron chi connectivity index (χ0n) is 15.7. The zero-order valence-corrected chi connectivity index (χ0v) is 15.7. The van der Waals surface area contributed by atoms with Crippen molar-refractivity contribution in [1.29, 1.82) is 0 Å². The molecule has 4 N–H and O–H groups in total. The molecule has 0 aliphatic rings. The maximum Gasteiger partial charge on any atom is 0.255 e. The van der Waals surface area contributed by atoms with Crippen LogP contribution in [0.3, 0.4) is 0 Å². The number of hydrogen-bond donors (Lipinski definition) is 3. The van der Waals surface area contributed by atoms with Gasteiger partial charge in [-0.1, -0.05) is 24.3 Å². The second-order valence-electron chi connectivity index (χ2n) is 6.52. The summed E-state index contributed by atoms with van der Waals surface area (Å²) in [5.41, 5.74) is 8.93. The second kappa shape index (κ2) is 9.45. The number of aryl methyl sites for hydroxylation is 1. The van der Waals surface area contributed by atoms with Crippen molar-refractivity contribution in [2.45, 2.75) is 19.4 Å². The minimum absolute atomic E-state index is 0.0932. The molecule has 6 nitrogen and oxygen atoms in total. The van der Waals surface area contributed by atoms with Crippen LogP contribution < -0.4 is 16.4 Å². The van der Waals surface area contributed by atoms with Crippen molar-refractivity contribution in [2.75, 3.05) is 11.1 Å². The lowest BCUT2D eigenvalue weighted by Crippen LogP contribution is -2.23. The van der Waals surface area contributed by atoms with Crippen LogP contribution in [-0.4, -0.2) is 16.8 Å². The molecule has 2 amide bonds. The Morgan fingerprint density at radius 2 is 1.66 bits per heavy atom. The Morgan fingerprint density at radius 3 is 2.34 bits per heavy atom. The second-order valence-corrected chi connectivity index (χ2v) is 6.52. The number of nitrogens with one attached hydrogen (secondary N) is 2. The summed E-state index contributed by atoms with van der Waals surface area (Å²) in [6.45, 7) is 0.363. The summed E-state index contributed by atoms with van der Waals surface area (Å²) in [6, 6.07) is 14.7. The van der Waals surface area contributed by atoms with E-state index in [1.807, 2.05) is 0 Å². The first-order chi connectivity index (χ1) is 14.0. The predicted molar refractivity (Wildman–Crippen MR) is 110 cm³/mol. The Labute approximate surface area is 168 Å². The van der Waals surface area contributed by atoms with Crippen LogP contribution in [0.4, 0.5) is 15.8 Å². The van der Waals surface area contributed by atoms with E-state index in [9.17, 15) is 14.0 Å². The van der Waals surface area contributed by atoms with Gasteiger partial charge in [-0.05, 0) is 47.9 Å². The molecule has 1 aromatic heterocycles. The van der Waals surface area contributed by atoms with Crippen molar-refractivity contribution in [2.24, 2.45) is 0 Å². The van der Waals surface area contributed by atoms with Gasteiger partial charge in [-0.2, -0.15) is 0 Å². The molecule has 0 saturated carbocycles. The van der Waals surface area contributed by atoms with E-state index in [0.717, 1.165) is 11.1 Å². The van der Waals surface area contributed by atoms with Gasteiger partial charge in [0.15, 0.2) is 0 Å². The number of amides is 2. The van der Waals surface area contributed by atoms with Crippen LogP contribution in [0.1, 0.15) is 27.9 Å². The summed E-state index contributed by atoms with van der Waals surface area (Å²) in [7, 11) is 0. The molecule has 1 heterocycles. The number of aromatic nitrogens is 1. The molecule has 3 aromatic rings. The van der Waals surface area contributed by atoms with Crippen LogP contribution in [0.15, 0.2) is 67.0 Å². The minimum atomic E-state index is -0.292. The summed E-state index contributed by atoms with van der Waals surface area (Å²) < 4.78 is 12.9. The third-order valence-electron chi connectivity index (χ3n) is 4.36. The number of pyridine rings is 1. The van der Waals surface area contributed by atoms with E-state index in [0.29, 0.717) is 36.3 Å². The average Bonchev–Trinajstić information content (AvgIpc) is 2.74. The SMILES string of the molecule is Nc1cnccc1NC(=O)c1ccc(CNC(=O)CCc2ccc(F)cc2)cc1. The number of nitrogen functional groups attached to an aromatic ring is 1. The Kier molecular flexibility index (Phi) is 6.52. The number of benzene rings is 2. The summed E-state index contributed by atoms with van der Waals surface area (Å²) in [6.07, 6.45) is 3.88. The van der Waals surface area contributed by atoms with Crippen LogP contribution in [0.25, 0.3) is 0 Å². The number of carbonyl (C=O) groups is 2. The fourth-order valence-electron chi connectivity index (χ4n) is 2.69. The monoisotopic (exact) mass is 392 g/mol. The van der Waals surface area contributed by atoms with Crippen LogP contribution in [0.2, 0.25) is 0 Å². The number of rotatable bonds is 7. The summed E-state index contributed by atoms with van der Waals surface area (Å²) in [5, 5.41) is 5.57. The highest BCUT2D eigenvalue weighted by atomic mass is 19.1. The van der Waals surface area contributed by atoms with Gasteiger partial charge in [0.1, 0.15) is 5.82 Å². The van der Waals surface area contributed by atoms with Crippen molar-refractivity contribution in [3.05, 3.63) is 89.5 Å². The van der Waals surface area contributed by atoms with Crippen LogP contribution in [0, 0.1) is 5.82 Å². The Bertz CT molecular complexity index is 988. The molecular weight excluding hydrogens is 371 g/mol. The Balaban J connectivity index is 1.47. The highest BCUT2D eigenvalue weighted by Gasteiger charge is 2.08. The average molecular weight is 392 g/mol. The molecule has 0 atom stereocenters. The Morgan fingerprint density at radius 1 is 0.966 bits per heavy atom. The fourth-order valence-corrected chi connectivity index (χ4v) is 2.69. The third-order valence-corrected chi connectivity index (χ3v) is 4.36. The number of nitrogens with zero attached hydrogens (tertiary/aromatic N) is 1. The number of carbonyl (C=O) groups excluding carboxylic acids is 2. The lowest BCUT2D eigenvalue weighted by atomic mass is 10.1. The summed E-state index contributed by atoms with van der Waals surface area (Å²) in [4.78, 5) is 28.2. The molecule has 0 bridgehead atoms. The molecule has 0 aliphatic heterocycles. The lowest BCUT2D eigenvalue weighted by Gasteiger charge is -2.09. The maximum absolute atomic E-state index is 12.9. The molecule has 29 heavy (non-hydrogen) atoms. The van der Waals surface area contributed by atoms with Gasteiger partial charge in [-0.3, -0.25) is 14.6 Å². The molecule has 0 aliphatic carbocycles. The summed E-state index contributed by atoms with van der Waals surface area (Å²) in [5.74, 6) is -0.665. The molecule has 148 valence electrons. The molecule has 0 radical (unpaired) electrons. The molecular formula is C22H21FN4O2. The first-order valence-corrected chi connectivity index (χ1v) is 9.12. The number of anilines is 2. The third kappa shape index (κ3) is 5.87. The molecule has 0 fully saturated rings. The van der Waals surface area contributed by atoms with E-state index in [4.69, 9.17) is 5.73 Å². The van der Waals surface area contributed by atoms with Gasteiger partial charge < -0.3 is 16.4 Å². The number of halogens is 1. The standard InChI is InChI=1S/C22H21FN4O2/c23-18-8-3-15(4-9-18)5-10-21(28)26-13-16-1-6-17(7-2-16)22(29)27-20-11-12-25-14-19(20)24/h1-4,6-9,11-12,14H,5,10,13,24H2,(H,26,28)(H,25,27,29). The predicted octanol–water partition coefficient (Wildman–Crippen LogP) is 3.30. The highest BCUT2D eigenvalue weighted by Crippen LogP contribution is 2.16. The minimum Gasteiger partial charge on any atom is -0.396 e. The molecule has 0 unspecified atom stereocenters. The normalized spacial score (nSPS) is 10.4. The van der Waals surface area contributed by atoms with Gasteiger partial charge in [-0.25, -0.2) is 4.39 Å². The van der Waals surface area contributed by atoms with Crippen molar-refractivity contribution in [1.82, 2.24) is 10.3 Å². The zero-order chi connectivity index (χ0) is 20.6. The fraction of sp³-hybridized carbons (Fsp3) is 0.136. The first kappa shape index (κ1) is 20.0. The molecule has 0 saturated heterocycles. The maximum atomic E-state index is 12.9. The Hall–Kier alpha value is -3.74. The van der Waals surface area contributed by atoms with E-state index in [2.05, 4.69) is 15.6 Å². The molecule has 2 aromatic carbocycles. The summed E-state index contributed by atoms with van der Waals surface area (Å²) >= 11 is 0. The van der Waals surface area contributed by atoms with Crippen LogP contribution in [0.5, 0.6) is 0 Å². The van der Waals surface area contributed by atoms with Crippen molar-refractivity contribution >= 4 is 23.2 Å². The van der Waals surface area contributed by atoms with Crippen molar-refractivity contribution in [3.8, 4) is 0 Å². The van der Waals surface area contributed by atoms with Gasteiger partial charge in [0.05, 0.1) is 17.6 Å². The van der Waals surface area contributed by atoms with Gasteiger partial charge in [0.2, 0.25) is 5.91 Å². The lowest BCUT2D eigenvalue weighted by molar-refractivity contribution is -0.121. The van der Waals surface area contributed by atoms with Crippen LogP contribution in [-0.2, 0) is 17.8 Å².